The number of ether oxygens (including phenoxy) is 1. The number of hydrogen-bond acceptors (Lipinski definition) is 3. The minimum atomic E-state index is -0.291. The van der Waals surface area contributed by atoms with Crippen LogP contribution in [-0.4, -0.2) is 19.6 Å². The highest BCUT2D eigenvalue weighted by Crippen LogP contribution is 2.46. The zero-order valence-corrected chi connectivity index (χ0v) is 11.0. The number of hydrogen-bond donors (Lipinski definition) is 1. The van der Waals surface area contributed by atoms with Crippen molar-refractivity contribution in [3.63, 3.8) is 0 Å². The molecule has 0 radical (unpaired) electrons. The number of methoxy groups -OCH3 is 1. The maximum atomic E-state index is 11.7. The van der Waals surface area contributed by atoms with Gasteiger partial charge >= 0.3 is 5.97 Å². The van der Waals surface area contributed by atoms with Crippen molar-refractivity contribution in [1.82, 2.24) is 0 Å². The van der Waals surface area contributed by atoms with Crippen molar-refractivity contribution in [2.24, 2.45) is 5.41 Å². The maximum Gasteiger partial charge on any atom is 0.313 e. The van der Waals surface area contributed by atoms with Gasteiger partial charge in [-0.05, 0) is 35.7 Å². The predicted molar refractivity (Wildman–Crippen MR) is 76.1 cm³/mol. The topological polar surface area (TPSA) is 38.3 Å². The van der Waals surface area contributed by atoms with Gasteiger partial charge in [0, 0.05) is 12.2 Å². The van der Waals surface area contributed by atoms with Crippen molar-refractivity contribution in [2.45, 2.75) is 12.8 Å². The highest BCUT2D eigenvalue weighted by molar-refractivity contribution is 5.86. The van der Waals surface area contributed by atoms with Gasteiger partial charge in [0.15, 0.2) is 0 Å². The molecule has 98 valence electrons. The third kappa shape index (κ3) is 2.28. The Balaban J connectivity index is 1.74. The summed E-state index contributed by atoms with van der Waals surface area (Å²) < 4.78 is 4.86. The molecule has 1 aliphatic rings. The van der Waals surface area contributed by atoms with Gasteiger partial charge in [0.2, 0.25) is 0 Å². The number of anilines is 1. The normalized spacial score (nSPS) is 16.1. The van der Waals surface area contributed by atoms with E-state index in [0.29, 0.717) is 6.54 Å². The molecule has 1 aliphatic carbocycles. The molecule has 0 spiro atoms. The van der Waals surface area contributed by atoms with E-state index in [4.69, 9.17) is 4.74 Å². The van der Waals surface area contributed by atoms with Crippen LogP contribution in [-0.2, 0) is 9.53 Å². The second-order valence-electron chi connectivity index (χ2n) is 5.19. The Hall–Kier alpha value is -2.03. The molecule has 1 fully saturated rings. The summed E-state index contributed by atoms with van der Waals surface area (Å²) >= 11 is 0. The molecular weight excluding hydrogens is 238 g/mol. The van der Waals surface area contributed by atoms with E-state index >= 15 is 0 Å². The van der Waals surface area contributed by atoms with Crippen LogP contribution >= 0.6 is 0 Å². The zero-order chi connectivity index (χ0) is 13.3. The van der Waals surface area contributed by atoms with Gasteiger partial charge in [-0.1, -0.05) is 30.3 Å². The van der Waals surface area contributed by atoms with Crippen LogP contribution in [0, 0.1) is 5.41 Å². The first-order valence-corrected chi connectivity index (χ1v) is 6.55. The Morgan fingerprint density at radius 2 is 1.95 bits per heavy atom. The number of carbonyl (C=O) groups is 1. The average molecular weight is 255 g/mol. The Morgan fingerprint density at radius 1 is 1.21 bits per heavy atom. The lowest BCUT2D eigenvalue weighted by Crippen LogP contribution is -2.25. The minimum Gasteiger partial charge on any atom is -0.469 e. The van der Waals surface area contributed by atoms with Crippen molar-refractivity contribution < 1.29 is 9.53 Å². The molecule has 0 saturated heterocycles. The fourth-order valence-electron chi connectivity index (χ4n) is 2.39. The standard InChI is InChI=1S/C16H17NO2/c1-19-15(18)16(8-9-16)11-17-14-7-6-12-4-2-3-5-13(12)10-14/h2-7,10,17H,8-9,11H2,1H3. The number of carbonyl (C=O) groups excluding carboxylic acids is 1. The monoisotopic (exact) mass is 255 g/mol. The molecule has 0 bridgehead atoms. The molecule has 0 heterocycles. The summed E-state index contributed by atoms with van der Waals surface area (Å²) in [4.78, 5) is 11.7. The van der Waals surface area contributed by atoms with Gasteiger partial charge in [0.25, 0.3) is 0 Å². The van der Waals surface area contributed by atoms with E-state index in [1.165, 1.54) is 17.9 Å². The first kappa shape index (κ1) is 12.0. The summed E-state index contributed by atoms with van der Waals surface area (Å²) in [6.07, 6.45) is 1.83. The van der Waals surface area contributed by atoms with Crippen molar-refractivity contribution in [3.05, 3.63) is 42.5 Å². The van der Waals surface area contributed by atoms with Gasteiger partial charge < -0.3 is 10.1 Å². The van der Waals surface area contributed by atoms with Crippen LogP contribution in [0.3, 0.4) is 0 Å². The molecular formula is C16H17NO2. The molecule has 3 rings (SSSR count). The van der Waals surface area contributed by atoms with E-state index < -0.39 is 0 Å². The van der Waals surface area contributed by atoms with Gasteiger partial charge in [-0.25, -0.2) is 0 Å². The smallest absolute Gasteiger partial charge is 0.313 e. The second kappa shape index (κ2) is 4.57. The van der Waals surface area contributed by atoms with Crippen molar-refractivity contribution in [2.75, 3.05) is 19.0 Å². The summed E-state index contributed by atoms with van der Waals surface area (Å²) in [5, 5.41) is 5.78. The number of rotatable bonds is 4. The van der Waals surface area contributed by atoms with Crippen LogP contribution < -0.4 is 5.32 Å². The fraction of sp³-hybridized carbons (Fsp3) is 0.312. The predicted octanol–water partition coefficient (Wildman–Crippen LogP) is 3.20. The van der Waals surface area contributed by atoms with Gasteiger partial charge in [0.05, 0.1) is 12.5 Å². The molecule has 0 aliphatic heterocycles. The number of esters is 1. The largest absolute Gasteiger partial charge is 0.469 e. The minimum absolute atomic E-state index is 0.0965. The lowest BCUT2D eigenvalue weighted by atomic mass is 10.1. The van der Waals surface area contributed by atoms with Crippen LogP contribution in [0.25, 0.3) is 10.8 Å². The third-order valence-corrected chi connectivity index (χ3v) is 3.85. The van der Waals surface area contributed by atoms with Crippen LogP contribution in [0.4, 0.5) is 5.69 Å². The highest BCUT2D eigenvalue weighted by atomic mass is 16.5. The molecule has 0 atom stereocenters. The quantitative estimate of drug-likeness (QED) is 0.853. The van der Waals surface area contributed by atoms with Crippen molar-refractivity contribution in [1.29, 1.82) is 0 Å². The van der Waals surface area contributed by atoms with Gasteiger partial charge in [-0.3, -0.25) is 4.79 Å². The van der Waals surface area contributed by atoms with Gasteiger partial charge in [-0.2, -0.15) is 0 Å². The molecule has 2 aromatic rings. The Labute approximate surface area is 112 Å². The molecule has 19 heavy (non-hydrogen) atoms. The molecule has 1 N–H and O–H groups in total. The molecule has 2 aromatic carbocycles. The van der Waals surface area contributed by atoms with E-state index in [2.05, 4.69) is 35.6 Å². The first-order valence-electron chi connectivity index (χ1n) is 6.55. The summed E-state index contributed by atoms with van der Waals surface area (Å²) in [6.45, 7) is 0.651. The SMILES string of the molecule is COC(=O)C1(CNc2ccc3ccccc3c2)CC1. The van der Waals surface area contributed by atoms with Crippen LogP contribution in [0.5, 0.6) is 0 Å². The lowest BCUT2D eigenvalue weighted by Gasteiger charge is -2.14. The maximum absolute atomic E-state index is 11.7. The van der Waals surface area contributed by atoms with E-state index in [-0.39, 0.29) is 11.4 Å². The van der Waals surface area contributed by atoms with E-state index in [1.54, 1.807) is 0 Å². The Morgan fingerprint density at radius 3 is 2.63 bits per heavy atom. The van der Waals surface area contributed by atoms with Crippen LogP contribution in [0.1, 0.15) is 12.8 Å². The zero-order valence-electron chi connectivity index (χ0n) is 11.0. The van der Waals surface area contributed by atoms with E-state index in [9.17, 15) is 4.79 Å². The summed E-state index contributed by atoms with van der Waals surface area (Å²) in [7, 11) is 1.46. The molecule has 3 nitrogen and oxygen atoms in total. The second-order valence-corrected chi connectivity index (χ2v) is 5.19. The lowest BCUT2D eigenvalue weighted by molar-refractivity contribution is -0.146. The Kier molecular flexibility index (Phi) is 2.90. The number of nitrogens with one attached hydrogen (secondary N) is 1. The summed E-state index contributed by atoms with van der Waals surface area (Å²) in [5.41, 5.74) is 0.759. The molecule has 0 unspecified atom stereocenters. The summed E-state index contributed by atoms with van der Waals surface area (Å²) in [6, 6.07) is 14.5. The average Bonchev–Trinajstić information content (AvgIpc) is 3.25. The van der Waals surface area contributed by atoms with Gasteiger partial charge in [0.1, 0.15) is 0 Å². The number of benzene rings is 2. The molecule has 3 heteroatoms. The number of fused-ring (bicyclic) bond motifs is 1. The van der Waals surface area contributed by atoms with Crippen LogP contribution in [0.15, 0.2) is 42.5 Å². The first-order chi connectivity index (χ1) is 9.23. The van der Waals surface area contributed by atoms with E-state index in [1.807, 2.05) is 12.1 Å². The van der Waals surface area contributed by atoms with Gasteiger partial charge in [-0.15, -0.1) is 0 Å². The highest BCUT2D eigenvalue weighted by Gasteiger charge is 2.50. The van der Waals surface area contributed by atoms with Crippen molar-refractivity contribution >= 4 is 22.4 Å². The van der Waals surface area contributed by atoms with Crippen molar-refractivity contribution in [3.8, 4) is 0 Å². The molecule has 0 amide bonds. The third-order valence-electron chi connectivity index (χ3n) is 3.85. The van der Waals surface area contributed by atoms with Crippen LogP contribution in [0.2, 0.25) is 0 Å². The van der Waals surface area contributed by atoms with E-state index in [0.717, 1.165) is 18.5 Å². The molecule has 1 saturated carbocycles. The molecule has 0 aromatic heterocycles. The fourth-order valence-corrected chi connectivity index (χ4v) is 2.39. The Bertz CT molecular complexity index is 617. The summed E-state index contributed by atoms with van der Waals surface area (Å²) in [5.74, 6) is -0.0965.